The van der Waals surface area contributed by atoms with Crippen LogP contribution in [0.3, 0.4) is 0 Å². The van der Waals surface area contributed by atoms with E-state index < -0.39 is 5.69 Å². The fourth-order valence-corrected chi connectivity index (χ4v) is 3.15. The van der Waals surface area contributed by atoms with E-state index in [0.29, 0.717) is 30.2 Å². The first kappa shape index (κ1) is 20.2. The molecule has 4 aromatic rings. The summed E-state index contributed by atoms with van der Waals surface area (Å²) >= 11 is 0. The molecule has 0 radical (unpaired) electrons. The first-order chi connectivity index (χ1) is 15.1. The molecule has 0 aliphatic carbocycles. The predicted octanol–water partition coefficient (Wildman–Crippen LogP) is 3.10. The molecule has 1 amide bonds. The van der Waals surface area contributed by atoms with E-state index >= 15 is 0 Å². The lowest BCUT2D eigenvalue weighted by Gasteiger charge is -2.10. The number of anilines is 2. The van der Waals surface area contributed by atoms with E-state index in [1.54, 1.807) is 31.5 Å². The monoisotopic (exact) mass is 415 g/mol. The molecule has 0 aliphatic rings. The van der Waals surface area contributed by atoms with E-state index in [4.69, 9.17) is 4.74 Å². The van der Waals surface area contributed by atoms with Gasteiger partial charge in [0.25, 0.3) is 5.91 Å². The largest absolute Gasteiger partial charge is 0.383 e. The Bertz CT molecular complexity index is 1250. The molecule has 0 unspecified atom stereocenters. The summed E-state index contributed by atoms with van der Waals surface area (Å²) in [5.41, 5.74) is 3.33. The molecule has 2 aromatic heterocycles. The van der Waals surface area contributed by atoms with Crippen LogP contribution in [0.4, 0.5) is 11.5 Å². The second-order valence-corrected chi connectivity index (χ2v) is 6.82. The maximum atomic E-state index is 12.1. The summed E-state index contributed by atoms with van der Waals surface area (Å²) in [6, 6.07) is 18.8. The highest BCUT2D eigenvalue weighted by Gasteiger charge is 2.07. The second-order valence-electron chi connectivity index (χ2n) is 6.82. The Morgan fingerprint density at radius 2 is 1.74 bits per heavy atom. The molecule has 31 heavy (non-hydrogen) atoms. The number of carbonyl (C=O) groups excluding carboxylic acids is 1. The molecule has 0 aliphatic heterocycles. The van der Waals surface area contributed by atoms with Gasteiger partial charge in [-0.25, -0.2) is 9.78 Å². The van der Waals surface area contributed by atoms with Crippen LogP contribution < -0.4 is 16.3 Å². The summed E-state index contributed by atoms with van der Waals surface area (Å²) in [5.74, 6) is 0.413. The summed E-state index contributed by atoms with van der Waals surface area (Å²) in [5, 5.41) is 6.74. The predicted molar refractivity (Wildman–Crippen MR) is 120 cm³/mol. The summed E-state index contributed by atoms with van der Waals surface area (Å²) in [4.78, 5) is 34.6. The zero-order chi connectivity index (χ0) is 21.6. The van der Waals surface area contributed by atoms with Gasteiger partial charge in [-0.2, -0.15) is 4.98 Å². The van der Waals surface area contributed by atoms with Gasteiger partial charge in [-0.3, -0.25) is 9.78 Å². The molecule has 0 bridgehead atoms. The maximum Gasteiger partial charge on any atom is 0.348 e. The Balaban J connectivity index is 1.49. The van der Waals surface area contributed by atoms with Crippen LogP contribution in [-0.4, -0.2) is 41.1 Å². The number of nitrogens with zero attached hydrogens (tertiary/aromatic N) is 2. The van der Waals surface area contributed by atoms with Crippen LogP contribution in [-0.2, 0) is 4.74 Å². The van der Waals surface area contributed by atoms with Crippen molar-refractivity contribution in [1.82, 2.24) is 20.3 Å². The van der Waals surface area contributed by atoms with Crippen molar-refractivity contribution in [2.75, 3.05) is 25.6 Å². The number of fused-ring (bicyclic) bond motifs is 1. The SMILES string of the molecule is COCCNC(=O)c1ccc(-c2ccc(Nc3[nH]c(=O)nc4ncccc34)cc2)cc1. The molecule has 4 rings (SSSR count). The number of nitrogens with one attached hydrogen (secondary N) is 3. The molecule has 0 atom stereocenters. The highest BCUT2D eigenvalue weighted by Crippen LogP contribution is 2.25. The summed E-state index contributed by atoms with van der Waals surface area (Å²) in [6.07, 6.45) is 1.60. The van der Waals surface area contributed by atoms with Crippen molar-refractivity contribution in [3.8, 4) is 11.1 Å². The average molecular weight is 415 g/mol. The minimum atomic E-state index is -0.461. The summed E-state index contributed by atoms with van der Waals surface area (Å²) in [6.45, 7) is 0.948. The fourth-order valence-electron chi connectivity index (χ4n) is 3.15. The van der Waals surface area contributed by atoms with E-state index in [1.807, 2.05) is 42.5 Å². The van der Waals surface area contributed by atoms with E-state index in [0.717, 1.165) is 22.2 Å². The standard InChI is InChI=1S/C23H21N5O3/c1-31-14-13-25-22(29)17-6-4-15(5-7-17)16-8-10-18(11-9-16)26-21-19-3-2-12-24-20(19)27-23(30)28-21/h2-12H,13-14H2,1H3,(H,25,29)(H2,24,26,27,28,30). The minimum absolute atomic E-state index is 0.129. The van der Waals surface area contributed by atoms with E-state index in [-0.39, 0.29) is 5.91 Å². The molecular weight excluding hydrogens is 394 g/mol. The van der Waals surface area contributed by atoms with Gasteiger partial charge in [0.05, 0.1) is 12.0 Å². The van der Waals surface area contributed by atoms with Crippen molar-refractivity contribution < 1.29 is 9.53 Å². The molecule has 2 heterocycles. The quantitative estimate of drug-likeness (QED) is 0.400. The number of amides is 1. The van der Waals surface area contributed by atoms with Crippen LogP contribution in [0, 0.1) is 0 Å². The first-order valence-corrected chi connectivity index (χ1v) is 9.74. The molecule has 0 fully saturated rings. The second kappa shape index (κ2) is 9.19. The van der Waals surface area contributed by atoms with Gasteiger partial charge in [0.15, 0.2) is 5.65 Å². The lowest BCUT2D eigenvalue weighted by molar-refractivity contribution is 0.0937. The van der Waals surface area contributed by atoms with E-state index in [9.17, 15) is 9.59 Å². The van der Waals surface area contributed by atoms with E-state index in [1.165, 1.54) is 0 Å². The third-order valence-electron chi connectivity index (χ3n) is 4.72. The van der Waals surface area contributed by atoms with Crippen molar-refractivity contribution in [3.05, 3.63) is 82.9 Å². The molecular formula is C23H21N5O3. The van der Waals surface area contributed by atoms with Crippen molar-refractivity contribution in [2.45, 2.75) is 0 Å². The maximum absolute atomic E-state index is 12.1. The number of H-pyrrole nitrogens is 1. The molecule has 0 saturated carbocycles. The normalized spacial score (nSPS) is 10.7. The lowest BCUT2D eigenvalue weighted by atomic mass is 10.0. The fraction of sp³-hybridized carbons (Fsp3) is 0.130. The number of benzene rings is 2. The molecule has 8 heteroatoms. The average Bonchev–Trinajstić information content (AvgIpc) is 2.80. The number of methoxy groups -OCH3 is 1. The van der Waals surface area contributed by atoms with Gasteiger partial charge in [0.1, 0.15) is 5.82 Å². The Labute approximate surface area is 178 Å². The Morgan fingerprint density at radius 3 is 2.45 bits per heavy atom. The van der Waals surface area contributed by atoms with Gasteiger partial charge in [-0.05, 0) is 47.5 Å². The highest BCUT2D eigenvalue weighted by molar-refractivity contribution is 5.94. The topological polar surface area (TPSA) is 109 Å². The van der Waals surface area contributed by atoms with Crippen LogP contribution >= 0.6 is 0 Å². The third kappa shape index (κ3) is 4.76. The van der Waals surface area contributed by atoms with Crippen molar-refractivity contribution in [2.24, 2.45) is 0 Å². The molecule has 2 aromatic carbocycles. The Morgan fingerprint density at radius 1 is 1.03 bits per heavy atom. The number of pyridine rings is 1. The number of hydrogen-bond acceptors (Lipinski definition) is 6. The van der Waals surface area contributed by atoms with Crippen LogP contribution in [0.2, 0.25) is 0 Å². The molecule has 156 valence electrons. The summed E-state index contributed by atoms with van der Waals surface area (Å²) in [7, 11) is 1.59. The first-order valence-electron chi connectivity index (χ1n) is 9.74. The van der Waals surface area contributed by atoms with Gasteiger partial charge in [0, 0.05) is 31.1 Å². The van der Waals surface area contributed by atoms with E-state index in [2.05, 4.69) is 25.6 Å². The van der Waals surface area contributed by atoms with Gasteiger partial charge >= 0.3 is 5.69 Å². The van der Waals surface area contributed by atoms with Crippen LogP contribution in [0.15, 0.2) is 71.7 Å². The van der Waals surface area contributed by atoms with Crippen molar-refractivity contribution in [1.29, 1.82) is 0 Å². The van der Waals surface area contributed by atoms with Crippen LogP contribution in [0.1, 0.15) is 10.4 Å². The minimum Gasteiger partial charge on any atom is -0.383 e. The number of hydrogen-bond donors (Lipinski definition) is 3. The highest BCUT2D eigenvalue weighted by atomic mass is 16.5. The molecule has 3 N–H and O–H groups in total. The Kier molecular flexibility index (Phi) is 6.00. The van der Waals surface area contributed by atoms with Crippen molar-refractivity contribution in [3.63, 3.8) is 0 Å². The van der Waals surface area contributed by atoms with Gasteiger partial charge < -0.3 is 15.4 Å². The molecule has 8 nitrogen and oxygen atoms in total. The van der Waals surface area contributed by atoms with Gasteiger partial charge in [-0.15, -0.1) is 0 Å². The summed E-state index contributed by atoms with van der Waals surface area (Å²) < 4.78 is 4.94. The van der Waals surface area contributed by atoms with Gasteiger partial charge in [0.2, 0.25) is 0 Å². The number of aromatic nitrogens is 3. The Hall–Kier alpha value is -4.04. The number of rotatable bonds is 7. The van der Waals surface area contributed by atoms with Gasteiger partial charge in [-0.1, -0.05) is 24.3 Å². The number of ether oxygens (including phenoxy) is 1. The molecule has 0 saturated heterocycles. The van der Waals surface area contributed by atoms with Crippen LogP contribution in [0.5, 0.6) is 0 Å². The number of aromatic amines is 1. The lowest BCUT2D eigenvalue weighted by Crippen LogP contribution is -2.26. The zero-order valence-corrected chi connectivity index (χ0v) is 16.9. The number of carbonyl (C=O) groups is 1. The molecule has 0 spiro atoms. The smallest absolute Gasteiger partial charge is 0.348 e. The van der Waals surface area contributed by atoms with Crippen LogP contribution in [0.25, 0.3) is 22.2 Å². The zero-order valence-electron chi connectivity index (χ0n) is 16.9. The van der Waals surface area contributed by atoms with Crippen molar-refractivity contribution >= 4 is 28.4 Å². The third-order valence-corrected chi connectivity index (χ3v) is 4.72.